The smallest absolute Gasteiger partial charge is 0.293 e. The third-order valence-corrected chi connectivity index (χ3v) is 7.48. The zero-order valence-corrected chi connectivity index (χ0v) is 23.7. The Morgan fingerprint density at radius 3 is 2.58 bits per heavy atom. The fourth-order valence-electron chi connectivity index (χ4n) is 3.54. The standard InChI is InChI=1S/C27H20BrIN2O4S/c1-2-34-23-12-18(11-22(28)25(23)35-16-17-7-9-21(29)10-8-17)13-24-26(32)31(27(33)36-24)15-20-6-4-3-5-19(20)14-30/h3-13H,2,15-16H2,1H3/b24-13+. The molecule has 3 aromatic rings. The minimum atomic E-state index is -0.397. The van der Waals surface area contributed by atoms with Gasteiger partial charge in [-0.2, -0.15) is 5.26 Å². The normalized spacial score (nSPS) is 14.3. The molecule has 36 heavy (non-hydrogen) atoms. The van der Waals surface area contributed by atoms with E-state index < -0.39 is 5.91 Å². The van der Waals surface area contributed by atoms with Gasteiger partial charge in [0, 0.05) is 3.57 Å². The van der Waals surface area contributed by atoms with Crippen LogP contribution in [0.1, 0.15) is 29.2 Å². The molecule has 1 aliphatic heterocycles. The van der Waals surface area contributed by atoms with Crippen molar-refractivity contribution in [3.63, 3.8) is 0 Å². The number of hydrogen-bond donors (Lipinski definition) is 0. The Hall–Kier alpha value is -2.81. The Morgan fingerprint density at radius 1 is 1.11 bits per heavy atom. The zero-order chi connectivity index (χ0) is 25.7. The van der Waals surface area contributed by atoms with E-state index >= 15 is 0 Å². The number of nitrogens with zero attached hydrogens (tertiary/aromatic N) is 2. The average molecular weight is 675 g/mol. The number of hydrogen-bond acceptors (Lipinski definition) is 6. The second kappa shape index (κ2) is 12.0. The van der Waals surface area contributed by atoms with Gasteiger partial charge in [-0.15, -0.1) is 0 Å². The molecule has 0 N–H and O–H groups in total. The molecule has 0 spiro atoms. The van der Waals surface area contributed by atoms with E-state index in [0.29, 0.717) is 50.8 Å². The molecule has 1 heterocycles. The monoisotopic (exact) mass is 674 g/mol. The Kier molecular flexibility index (Phi) is 8.72. The lowest BCUT2D eigenvalue weighted by molar-refractivity contribution is -0.123. The molecule has 0 saturated carbocycles. The van der Waals surface area contributed by atoms with Crippen LogP contribution in [0, 0.1) is 14.9 Å². The number of halogens is 2. The summed E-state index contributed by atoms with van der Waals surface area (Å²) in [7, 11) is 0. The van der Waals surface area contributed by atoms with E-state index in [-0.39, 0.29) is 11.8 Å². The lowest BCUT2D eigenvalue weighted by Crippen LogP contribution is -2.27. The SMILES string of the molecule is CCOc1cc(/C=C2/SC(=O)N(Cc3ccccc3C#N)C2=O)cc(Br)c1OCc1ccc(I)cc1. The summed E-state index contributed by atoms with van der Waals surface area (Å²) in [6.07, 6.45) is 1.66. The van der Waals surface area contributed by atoms with Gasteiger partial charge < -0.3 is 9.47 Å². The highest BCUT2D eigenvalue weighted by molar-refractivity contribution is 14.1. The number of imide groups is 1. The number of ether oxygens (including phenoxy) is 2. The van der Waals surface area contributed by atoms with Crippen LogP contribution in [0.5, 0.6) is 11.5 Å². The van der Waals surface area contributed by atoms with E-state index in [1.54, 1.807) is 36.4 Å². The van der Waals surface area contributed by atoms with Crippen molar-refractivity contribution in [2.24, 2.45) is 0 Å². The third kappa shape index (κ3) is 6.11. The second-order valence-electron chi connectivity index (χ2n) is 7.71. The summed E-state index contributed by atoms with van der Waals surface area (Å²) >= 11 is 6.70. The van der Waals surface area contributed by atoms with E-state index in [0.717, 1.165) is 25.8 Å². The molecule has 0 aromatic heterocycles. The van der Waals surface area contributed by atoms with Gasteiger partial charge in [-0.05, 0) is 110 Å². The number of benzene rings is 3. The number of amides is 2. The van der Waals surface area contributed by atoms with Gasteiger partial charge in [0.05, 0.1) is 34.2 Å². The summed E-state index contributed by atoms with van der Waals surface area (Å²) in [4.78, 5) is 27.1. The summed E-state index contributed by atoms with van der Waals surface area (Å²) in [5.41, 5.74) is 2.78. The van der Waals surface area contributed by atoms with E-state index in [2.05, 4.69) is 44.6 Å². The Labute approximate surface area is 235 Å². The molecule has 0 unspecified atom stereocenters. The van der Waals surface area contributed by atoms with Crippen LogP contribution in [0.3, 0.4) is 0 Å². The van der Waals surface area contributed by atoms with Crippen molar-refractivity contribution in [2.45, 2.75) is 20.1 Å². The molecule has 0 aliphatic carbocycles. The zero-order valence-electron chi connectivity index (χ0n) is 19.2. The number of nitriles is 1. The highest BCUT2D eigenvalue weighted by Crippen LogP contribution is 2.40. The van der Waals surface area contributed by atoms with Gasteiger partial charge in [-0.3, -0.25) is 14.5 Å². The van der Waals surface area contributed by atoms with Crippen LogP contribution >= 0.6 is 50.3 Å². The first kappa shape index (κ1) is 26.3. The predicted molar refractivity (Wildman–Crippen MR) is 151 cm³/mol. The highest BCUT2D eigenvalue weighted by atomic mass is 127. The first-order chi connectivity index (χ1) is 17.4. The van der Waals surface area contributed by atoms with Crippen LogP contribution in [-0.4, -0.2) is 22.7 Å². The predicted octanol–water partition coefficient (Wildman–Crippen LogP) is 7.14. The van der Waals surface area contributed by atoms with Crippen LogP contribution in [0.2, 0.25) is 0 Å². The first-order valence-corrected chi connectivity index (χ1v) is 13.7. The summed E-state index contributed by atoms with van der Waals surface area (Å²) in [5.74, 6) is 0.699. The van der Waals surface area contributed by atoms with Gasteiger partial charge in [0.2, 0.25) is 0 Å². The average Bonchev–Trinajstić information content (AvgIpc) is 3.12. The number of carbonyl (C=O) groups excluding carboxylic acids is 2. The Balaban J connectivity index is 1.56. The molecule has 6 nitrogen and oxygen atoms in total. The van der Waals surface area contributed by atoms with Crippen LogP contribution < -0.4 is 9.47 Å². The Bertz CT molecular complexity index is 1390. The topological polar surface area (TPSA) is 79.6 Å². The van der Waals surface area contributed by atoms with Gasteiger partial charge in [0.1, 0.15) is 6.61 Å². The number of carbonyl (C=O) groups is 2. The molecule has 1 fully saturated rings. The van der Waals surface area contributed by atoms with Crippen molar-refractivity contribution in [1.82, 2.24) is 4.90 Å². The molecule has 9 heteroatoms. The molecule has 182 valence electrons. The molecule has 4 rings (SSSR count). The molecule has 2 amide bonds. The van der Waals surface area contributed by atoms with Gasteiger partial charge in [0.15, 0.2) is 11.5 Å². The van der Waals surface area contributed by atoms with Crippen LogP contribution in [-0.2, 0) is 17.9 Å². The summed E-state index contributed by atoms with van der Waals surface area (Å²) < 4.78 is 13.7. The quantitative estimate of drug-likeness (QED) is 0.187. The summed E-state index contributed by atoms with van der Waals surface area (Å²) in [5, 5.41) is 8.95. The van der Waals surface area contributed by atoms with E-state index in [4.69, 9.17) is 9.47 Å². The van der Waals surface area contributed by atoms with E-state index in [1.165, 1.54) is 0 Å². The highest BCUT2D eigenvalue weighted by Gasteiger charge is 2.35. The molecular weight excluding hydrogens is 655 g/mol. The number of rotatable bonds is 8. The molecule has 0 radical (unpaired) electrons. The van der Waals surface area contributed by atoms with Crippen molar-refractivity contribution >= 4 is 67.5 Å². The van der Waals surface area contributed by atoms with E-state index in [9.17, 15) is 14.9 Å². The minimum absolute atomic E-state index is 0.0466. The number of thioether (sulfide) groups is 1. The van der Waals surface area contributed by atoms with Gasteiger partial charge >= 0.3 is 0 Å². The lowest BCUT2D eigenvalue weighted by Gasteiger charge is -2.15. The lowest BCUT2D eigenvalue weighted by atomic mass is 10.1. The third-order valence-electron chi connectivity index (χ3n) is 5.27. The fourth-order valence-corrected chi connectivity index (χ4v) is 5.31. The Morgan fingerprint density at radius 2 is 1.86 bits per heavy atom. The molecule has 0 atom stereocenters. The molecule has 3 aromatic carbocycles. The van der Waals surface area contributed by atoms with Crippen molar-refractivity contribution < 1.29 is 19.1 Å². The maximum absolute atomic E-state index is 13.0. The van der Waals surface area contributed by atoms with Crippen molar-refractivity contribution in [3.8, 4) is 17.6 Å². The summed E-state index contributed by atoms with van der Waals surface area (Å²) in [6.45, 7) is 2.74. The fraction of sp³-hybridized carbons (Fsp3) is 0.148. The first-order valence-electron chi connectivity index (χ1n) is 11.0. The van der Waals surface area contributed by atoms with Crippen molar-refractivity contribution in [1.29, 1.82) is 5.26 Å². The van der Waals surface area contributed by atoms with Crippen LogP contribution in [0.15, 0.2) is 70.0 Å². The summed E-state index contributed by atoms with van der Waals surface area (Å²) in [6, 6.07) is 20.7. The molecular formula is C27H20BrIN2O4S. The van der Waals surface area contributed by atoms with Crippen molar-refractivity contribution in [2.75, 3.05) is 6.61 Å². The van der Waals surface area contributed by atoms with Gasteiger partial charge in [0.25, 0.3) is 11.1 Å². The minimum Gasteiger partial charge on any atom is -0.490 e. The van der Waals surface area contributed by atoms with Crippen LogP contribution in [0.25, 0.3) is 6.08 Å². The van der Waals surface area contributed by atoms with E-state index in [1.807, 2.05) is 37.3 Å². The molecule has 0 bridgehead atoms. The molecule has 1 aliphatic rings. The second-order valence-corrected chi connectivity index (χ2v) is 10.8. The largest absolute Gasteiger partial charge is 0.490 e. The molecule has 1 saturated heterocycles. The van der Waals surface area contributed by atoms with Crippen molar-refractivity contribution in [3.05, 3.63) is 95.9 Å². The maximum atomic E-state index is 13.0. The van der Waals surface area contributed by atoms with Crippen LogP contribution in [0.4, 0.5) is 4.79 Å². The van der Waals surface area contributed by atoms with Gasteiger partial charge in [-0.25, -0.2) is 0 Å². The van der Waals surface area contributed by atoms with Gasteiger partial charge in [-0.1, -0.05) is 30.3 Å². The maximum Gasteiger partial charge on any atom is 0.293 e.